The maximum Gasteiger partial charge on any atom is 0.271 e. The van der Waals surface area contributed by atoms with E-state index < -0.39 is 10.8 Å². The molecule has 0 atom stereocenters. The van der Waals surface area contributed by atoms with E-state index in [-0.39, 0.29) is 17.1 Å². The topological polar surface area (TPSA) is 102 Å². The lowest BCUT2D eigenvalue weighted by atomic mass is 10.1. The number of anilines is 1. The number of non-ortho nitro benzene ring substituents is 1. The molecule has 0 unspecified atom stereocenters. The molecule has 9 heteroatoms. The Bertz CT molecular complexity index is 1350. The highest BCUT2D eigenvalue weighted by Gasteiger charge is 2.33. The molecule has 172 valence electrons. The van der Waals surface area contributed by atoms with Gasteiger partial charge in [-0.2, -0.15) is 0 Å². The summed E-state index contributed by atoms with van der Waals surface area (Å²) in [5.41, 5.74) is 1.80. The Hall–Kier alpha value is -4.30. The molecule has 0 aromatic heterocycles. The van der Waals surface area contributed by atoms with Crippen molar-refractivity contribution in [3.63, 3.8) is 0 Å². The van der Waals surface area contributed by atoms with Gasteiger partial charge in [0.25, 0.3) is 11.6 Å². The second kappa shape index (κ2) is 9.29. The van der Waals surface area contributed by atoms with Crippen LogP contribution in [0.1, 0.15) is 11.1 Å². The molecule has 3 aromatic carbocycles. The van der Waals surface area contributed by atoms with Gasteiger partial charge in [0.1, 0.15) is 5.75 Å². The summed E-state index contributed by atoms with van der Waals surface area (Å²) in [6.07, 6.45) is 3.31. The number of nitro benzene ring substituents is 1. The van der Waals surface area contributed by atoms with Crippen LogP contribution in [0.15, 0.2) is 72.3 Å². The smallest absolute Gasteiger partial charge is 0.271 e. The Morgan fingerprint density at radius 1 is 1.00 bits per heavy atom. The third kappa shape index (κ3) is 4.31. The standard InChI is InChI=1S/C25H19ClN2O6/c1-33-23-10-3-15(12-24(23)34-2)11-17-13-20(16-4-6-18(26)7-5-16)27(25(17)30)21-14-19(28(31)32)8-9-22(21)29/h3-14,29H,1-2H3/b17-11+. The van der Waals surface area contributed by atoms with Crippen molar-refractivity contribution in [2.45, 2.75) is 0 Å². The molecule has 0 saturated carbocycles. The molecule has 0 saturated heterocycles. The van der Waals surface area contributed by atoms with Gasteiger partial charge < -0.3 is 14.6 Å². The summed E-state index contributed by atoms with van der Waals surface area (Å²) in [4.78, 5) is 25.5. The molecule has 1 amide bonds. The van der Waals surface area contributed by atoms with Crippen molar-refractivity contribution in [1.29, 1.82) is 0 Å². The van der Waals surface area contributed by atoms with Gasteiger partial charge in [-0.05, 0) is 53.6 Å². The summed E-state index contributed by atoms with van der Waals surface area (Å²) >= 11 is 6.02. The zero-order valence-corrected chi connectivity index (χ0v) is 18.9. The highest BCUT2D eigenvalue weighted by molar-refractivity contribution is 6.30. The monoisotopic (exact) mass is 478 g/mol. The van der Waals surface area contributed by atoms with E-state index in [0.29, 0.717) is 38.9 Å². The molecule has 0 bridgehead atoms. The van der Waals surface area contributed by atoms with Gasteiger partial charge in [0, 0.05) is 22.7 Å². The highest BCUT2D eigenvalue weighted by Crippen LogP contribution is 2.41. The van der Waals surface area contributed by atoms with Crippen molar-refractivity contribution in [1.82, 2.24) is 0 Å². The third-order valence-corrected chi connectivity index (χ3v) is 5.52. The summed E-state index contributed by atoms with van der Waals surface area (Å²) in [6.45, 7) is 0. The first-order chi connectivity index (χ1) is 16.3. The molecule has 1 heterocycles. The fourth-order valence-electron chi connectivity index (χ4n) is 3.61. The average molecular weight is 479 g/mol. The number of carbonyl (C=O) groups excluding carboxylic acids is 1. The third-order valence-electron chi connectivity index (χ3n) is 5.26. The van der Waals surface area contributed by atoms with Crippen LogP contribution in [-0.4, -0.2) is 30.2 Å². The van der Waals surface area contributed by atoms with E-state index in [1.807, 2.05) is 0 Å². The van der Waals surface area contributed by atoms with E-state index in [1.165, 1.54) is 31.3 Å². The Morgan fingerprint density at radius 2 is 1.71 bits per heavy atom. The van der Waals surface area contributed by atoms with Gasteiger partial charge in [-0.15, -0.1) is 0 Å². The van der Waals surface area contributed by atoms with Crippen LogP contribution in [0.4, 0.5) is 11.4 Å². The van der Waals surface area contributed by atoms with E-state index in [4.69, 9.17) is 21.1 Å². The molecule has 8 nitrogen and oxygen atoms in total. The molecule has 1 N–H and O–H groups in total. The molecule has 1 aliphatic heterocycles. The minimum absolute atomic E-state index is 0.00360. The van der Waals surface area contributed by atoms with Crippen LogP contribution < -0.4 is 14.4 Å². The lowest BCUT2D eigenvalue weighted by Gasteiger charge is -2.21. The van der Waals surface area contributed by atoms with Crippen LogP contribution in [0.5, 0.6) is 17.2 Å². The zero-order chi connectivity index (χ0) is 24.4. The fourth-order valence-corrected chi connectivity index (χ4v) is 3.74. The maximum atomic E-state index is 13.5. The van der Waals surface area contributed by atoms with Gasteiger partial charge in [0.2, 0.25) is 0 Å². The number of hydrogen-bond donors (Lipinski definition) is 1. The molecule has 1 aliphatic rings. The van der Waals surface area contributed by atoms with E-state index in [0.717, 1.165) is 6.07 Å². The van der Waals surface area contributed by atoms with E-state index in [9.17, 15) is 20.0 Å². The van der Waals surface area contributed by atoms with Crippen molar-refractivity contribution in [2.24, 2.45) is 0 Å². The van der Waals surface area contributed by atoms with E-state index in [2.05, 4.69) is 0 Å². The van der Waals surface area contributed by atoms with Crippen molar-refractivity contribution in [2.75, 3.05) is 19.1 Å². The second-order valence-corrected chi connectivity index (χ2v) is 7.76. The number of rotatable bonds is 6. The van der Waals surface area contributed by atoms with Gasteiger partial charge >= 0.3 is 0 Å². The number of ether oxygens (including phenoxy) is 2. The minimum Gasteiger partial charge on any atom is -0.506 e. The first kappa shape index (κ1) is 22.9. The number of hydrogen-bond acceptors (Lipinski definition) is 6. The average Bonchev–Trinajstić information content (AvgIpc) is 3.15. The van der Waals surface area contributed by atoms with Gasteiger partial charge in [-0.3, -0.25) is 19.8 Å². The van der Waals surface area contributed by atoms with Crippen LogP contribution in [0.3, 0.4) is 0 Å². The first-order valence-electron chi connectivity index (χ1n) is 10.1. The quantitative estimate of drug-likeness (QED) is 0.287. The normalized spacial score (nSPS) is 14.3. The van der Waals surface area contributed by atoms with Gasteiger partial charge in [0.15, 0.2) is 11.5 Å². The van der Waals surface area contributed by atoms with Crippen molar-refractivity contribution in [3.8, 4) is 17.2 Å². The Kier molecular flexibility index (Phi) is 6.25. The molecule has 0 fully saturated rings. The van der Waals surface area contributed by atoms with Gasteiger partial charge in [-0.25, -0.2) is 0 Å². The number of halogens is 1. The van der Waals surface area contributed by atoms with E-state index in [1.54, 1.807) is 54.6 Å². The van der Waals surface area contributed by atoms with Gasteiger partial charge in [-0.1, -0.05) is 29.8 Å². The number of phenolic OH excluding ortho intramolecular Hbond substituents is 1. The van der Waals surface area contributed by atoms with Gasteiger partial charge in [0.05, 0.1) is 30.5 Å². The lowest BCUT2D eigenvalue weighted by molar-refractivity contribution is -0.384. The largest absolute Gasteiger partial charge is 0.506 e. The fraction of sp³-hybridized carbons (Fsp3) is 0.0800. The number of phenols is 1. The van der Waals surface area contributed by atoms with Crippen LogP contribution in [-0.2, 0) is 4.79 Å². The first-order valence-corrected chi connectivity index (χ1v) is 10.4. The number of nitrogens with zero attached hydrogens (tertiary/aromatic N) is 2. The predicted octanol–water partition coefficient (Wildman–Crippen LogP) is 5.44. The Balaban J connectivity index is 1.86. The molecule has 0 radical (unpaired) electrons. The van der Waals surface area contributed by atoms with Crippen LogP contribution in [0.2, 0.25) is 5.02 Å². The molecule has 34 heavy (non-hydrogen) atoms. The van der Waals surface area contributed by atoms with Crippen LogP contribution in [0, 0.1) is 10.1 Å². The summed E-state index contributed by atoms with van der Waals surface area (Å²) < 4.78 is 10.6. The Morgan fingerprint density at radius 3 is 2.35 bits per heavy atom. The highest BCUT2D eigenvalue weighted by atomic mass is 35.5. The lowest BCUT2D eigenvalue weighted by Crippen LogP contribution is -2.25. The minimum atomic E-state index is -0.588. The molecule has 0 aliphatic carbocycles. The maximum absolute atomic E-state index is 13.5. The second-order valence-electron chi connectivity index (χ2n) is 7.32. The number of carbonyl (C=O) groups is 1. The molecule has 0 spiro atoms. The van der Waals surface area contributed by atoms with Crippen LogP contribution >= 0.6 is 11.6 Å². The number of methoxy groups -OCH3 is 2. The summed E-state index contributed by atoms with van der Waals surface area (Å²) in [5.74, 6) is 0.307. The number of benzene rings is 3. The van der Waals surface area contributed by atoms with Crippen molar-refractivity contribution >= 4 is 40.7 Å². The molecule has 3 aromatic rings. The SMILES string of the molecule is COc1ccc(/C=C2\C=C(c3ccc(Cl)cc3)N(c3cc([N+](=O)[O-])ccc3O)C2=O)cc1OC. The Labute approximate surface area is 200 Å². The van der Waals surface area contributed by atoms with E-state index >= 15 is 0 Å². The van der Waals surface area contributed by atoms with Crippen molar-refractivity contribution < 1.29 is 24.3 Å². The van der Waals surface area contributed by atoms with Crippen LogP contribution in [0.25, 0.3) is 11.8 Å². The molecular formula is C25H19ClN2O6. The zero-order valence-electron chi connectivity index (χ0n) is 18.2. The summed E-state index contributed by atoms with van der Waals surface area (Å²) in [6, 6.07) is 15.5. The number of amides is 1. The predicted molar refractivity (Wildman–Crippen MR) is 129 cm³/mol. The summed E-state index contributed by atoms with van der Waals surface area (Å²) in [7, 11) is 3.04. The summed E-state index contributed by atoms with van der Waals surface area (Å²) in [5, 5.41) is 22.3. The van der Waals surface area contributed by atoms with Crippen molar-refractivity contribution in [3.05, 3.63) is 98.6 Å². The molecule has 4 rings (SSSR count). The number of nitro groups is 1. The molecular weight excluding hydrogens is 460 g/mol. The number of aromatic hydroxyl groups is 1.